The first-order valence-electron chi connectivity index (χ1n) is 11.7. The van der Waals surface area contributed by atoms with E-state index in [-0.39, 0.29) is 5.56 Å². The molecule has 0 unspecified atom stereocenters. The number of unbranched alkanes of at least 4 members (excludes halogenated alkanes) is 2. The first kappa shape index (κ1) is 22.9. The van der Waals surface area contributed by atoms with Gasteiger partial charge in [-0.1, -0.05) is 68.3 Å². The third-order valence-electron chi connectivity index (χ3n) is 6.21. The van der Waals surface area contributed by atoms with E-state index in [0.29, 0.717) is 28.3 Å². The van der Waals surface area contributed by atoms with Crippen LogP contribution in [0.3, 0.4) is 0 Å². The maximum Gasteiger partial charge on any atom is 0.280 e. The minimum atomic E-state index is -0.136. The molecule has 35 heavy (non-hydrogen) atoms. The van der Waals surface area contributed by atoms with Crippen LogP contribution in [0.5, 0.6) is 0 Å². The Morgan fingerprint density at radius 3 is 2.51 bits per heavy atom. The third kappa shape index (κ3) is 4.44. The van der Waals surface area contributed by atoms with E-state index in [1.807, 2.05) is 28.8 Å². The third-order valence-corrected chi connectivity index (χ3v) is 6.58. The summed E-state index contributed by atoms with van der Waals surface area (Å²) in [5.41, 5.74) is 5.03. The zero-order valence-electron chi connectivity index (χ0n) is 19.7. The quantitative estimate of drug-likeness (QED) is 0.248. The number of H-pyrrole nitrogens is 2. The molecule has 9 nitrogen and oxygen atoms in total. The lowest BCUT2D eigenvalue weighted by Crippen LogP contribution is -2.21. The van der Waals surface area contributed by atoms with E-state index in [1.54, 1.807) is 7.05 Å². The van der Waals surface area contributed by atoms with Gasteiger partial charge in [0.2, 0.25) is 5.82 Å². The average Bonchev–Trinajstić information content (AvgIpc) is 3.52. The molecule has 2 aromatic carbocycles. The van der Waals surface area contributed by atoms with E-state index < -0.39 is 0 Å². The summed E-state index contributed by atoms with van der Waals surface area (Å²) >= 11 is 5.30. The molecule has 2 N–H and O–H groups in total. The number of tetrazole rings is 1. The van der Waals surface area contributed by atoms with Crippen LogP contribution in [0.2, 0.25) is 0 Å². The second kappa shape index (κ2) is 9.75. The van der Waals surface area contributed by atoms with E-state index in [4.69, 9.17) is 17.2 Å². The van der Waals surface area contributed by atoms with Crippen LogP contribution in [0.15, 0.2) is 53.3 Å². The highest BCUT2D eigenvalue weighted by molar-refractivity contribution is 7.71. The minimum Gasteiger partial charge on any atom is -0.318 e. The molecule has 0 amide bonds. The molecule has 0 saturated heterocycles. The molecule has 0 atom stereocenters. The van der Waals surface area contributed by atoms with E-state index in [2.05, 4.69) is 56.8 Å². The van der Waals surface area contributed by atoms with Gasteiger partial charge in [0.05, 0.1) is 0 Å². The lowest BCUT2D eigenvalue weighted by Gasteiger charge is -2.11. The van der Waals surface area contributed by atoms with E-state index in [9.17, 15) is 4.79 Å². The number of fused-ring (bicyclic) bond motifs is 1. The molecule has 3 heterocycles. The molecule has 0 bridgehead atoms. The molecule has 0 fully saturated rings. The van der Waals surface area contributed by atoms with Crippen molar-refractivity contribution in [3.05, 3.63) is 75.0 Å². The number of rotatable bonds is 8. The van der Waals surface area contributed by atoms with Crippen LogP contribution < -0.4 is 5.56 Å². The first-order valence-corrected chi connectivity index (χ1v) is 12.1. The smallest absolute Gasteiger partial charge is 0.280 e. The molecule has 0 aliphatic rings. The maximum atomic E-state index is 13.1. The zero-order valence-corrected chi connectivity index (χ0v) is 20.5. The monoisotopic (exact) mass is 486 g/mol. The van der Waals surface area contributed by atoms with Gasteiger partial charge in [0.25, 0.3) is 5.56 Å². The van der Waals surface area contributed by atoms with Crippen LogP contribution in [0, 0.1) is 4.77 Å². The fourth-order valence-corrected chi connectivity index (χ4v) is 4.49. The summed E-state index contributed by atoms with van der Waals surface area (Å²) in [4.78, 5) is 21.0. The standard InChI is InChI=1S/C25H26N8OS/c1-3-4-5-10-20-26-23-21(24(34)32(2)25(35)27-23)33(20)15-16-11-13-17(14-12-16)18-8-6-7-9-19(18)22-28-30-31-29-22/h6-9,11-14H,3-5,10,15H2,1-2H3,(H,27,35)(H,28,29,30,31). The predicted octanol–water partition coefficient (Wildman–Crippen LogP) is 4.42. The van der Waals surface area contributed by atoms with Crippen LogP contribution in [0.25, 0.3) is 33.7 Å². The molecular weight excluding hydrogens is 460 g/mol. The lowest BCUT2D eigenvalue weighted by atomic mass is 9.98. The second-order valence-electron chi connectivity index (χ2n) is 8.54. The molecule has 0 spiro atoms. The first-order chi connectivity index (χ1) is 17.1. The van der Waals surface area contributed by atoms with Gasteiger partial charge in [0, 0.05) is 25.6 Å². The van der Waals surface area contributed by atoms with E-state index in [0.717, 1.165) is 53.8 Å². The van der Waals surface area contributed by atoms with Gasteiger partial charge < -0.3 is 9.55 Å². The predicted molar refractivity (Wildman–Crippen MR) is 138 cm³/mol. The highest BCUT2D eigenvalue weighted by atomic mass is 32.1. The zero-order chi connectivity index (χ0) is 24.4. The SMILES string of the molecule is CCCCCc1nc2[nH]c(=S)n(C)c(=O)c2n1Cc1ccc(-c2ccccc2-c2nn[nH]n2)cc1. The van der Waals surface area contributed by atoms with E-state index in [1.165, 1.54) is 4.57 Å². The summed E-state index contributed by atoms with van der Waals surface area (Å²) in [6.07, 6.45) is 4.07. The molecule has 0 saturated carbocycles. The Morgan fingerprint density at radius 2 is 1.80 bits per heavy atom. The number of imidazole rings is 1. The Hall–Kier alpha value is -3.92. The van der Waals surface area contributed by atoms with Gasteiger partial charge in [-0.05, 0) is 40.5 Å². The molecule has 0 radical (unpaired) electrons. The molecule has 5 rings (SSSR count). The number of nitrogens with zero attached hydrogens (tertiary/aromatic N) is 6. The number of aromatic amines is 2. The van der Waals surface area contributed by atoms with Crippen molar-refractivity contribution in [3.63, 3.8) is 0 Å². The maximum absolute atomic E-state index is 13.1. The molecule has 0 aliphatic carbocycles. The summed E-state index contributed by atoms with van der Waals surface area (Å²) in [6, 6.07) is 16.3. The Labute approximate surface area is 206 Å². The number of nitrogens with one attached hydrogen (secondary N) is 2. The molecule has 0 aliphatic heterocycles. The van der Waals surface area contributed by atoms with Crippen LogP contribution in [0.4, 0.5) is 0 Å². The summed E-state index contributed by atoms with van der Waals surface area (Å²) in [7, 11) is 1.69. The number of hydrogen-bond donors (Lipinski definition) is 2. The Morgan fingerprint density at radius 1 is 1.03 bits per heavy atom. The molecule has 178 valence electrons. The summed E-state index contributed by atoms with van der Waals surface area (Å²) in [6.45, 7) is 2.72. The molecule has 3 aromatic heterocycles. The van der Waals surface area contributed by atoms with Gasteiger partial charge in [0.1, 0.15) is 5.82 Å². The van der Waals surface area contributed by atoms with Gasteiger partial charge in [-0.3, -0.25) is 9.36 Å². The second-order valence-corrected chi connectivity index (χ2v) is 8.93. The van der Waals surface area contributed by atoms with Crippen LogP contribution in [-0.4, -0.2) is 39.7 Å². The molecular formula is C25H26N8OS. The molecule has 10 heteroatoms. The van der Waals surface area contributed by atoms with Crippen molar-refractivity contribution >= 4 is 23.4 Å². The van der Waals surface area contributed by atoms with Crippen molar-refractivity contribution in [2.24, 2.45) is 7.05 Å². The van der Waals surface area contributed by atoms with Crippen molar-refractivity contribution in [2.45, 2.75) is 39.2 Å². The topological polar surface area (TPSA) is 110 Å². The van der Waals surface area contributed by atoms with Gasteiger partial charge in [-0.2, -0.15) is 5.21 Å². The highest BCUT2D eigenvalue weighted by Crippen LogP contribution is 2.30. The van der Waals surface area contributed by atoms with Crippen molar-refractivity contribution in [3.8, 4) is 22.5 Å². The van der Waals surface area contributed by atoms with Crippen molar-refractivity contribution in [1.82, 2.24) is 39.7 Å². The fourth-order valence-electron chi connectivity index (χ4n) is 4.31. The Kier molecular flexibility index (Phi) is 6.37. The van der Waals surface area contributed by atoms with Crippen LogP contribution in [0.1, 0.15) is 37.6 Å². The minimum absolute atomic E-state index is 0.136. The summed E-state index contributed by atoms with van der Waals surface area (Å²) in [5.74, 6) is 1.45. The number of hydrogen-bond acceptors (Lipinski definition) is 6. The Bertz CT molecular complexity index is 1580. The number of benzene rings is 2. The van der Waals surface area contributed by atoms with Crippen molar-refractivity contribution in [1.29, 1.82) is 0 Å². The normalized spacial score (nSPS) is 11.4. The van der Waals surface area contributed by atoms with Crippen LogP contribution in [-0.2, 0) is 20.0 Å². The van der Waals surface area contributed by atoms with Gasteiger partial charge in [0.15, 0.2) is 15.9 Å². The number of aryl methyl sites for hydroxylation is 1. The lowest BCUT2D eigenvalue weighted by molar-refractivity contribution is 0.657. The van der Waals surface area contributed by atoms with E-state index >= 15 is 0 Å². The van der Waals surface area contributed by atoms with Gasteiger partial charge in [-0.15, -0.1) is 10.2 Å². The number of aromatic nitrogens is 8. The summed E-state index contributed by atoms with van der Waals surface area (Å²) in [5, 5.41) is 14.5. The largest absolute Gasteiger partial charge is 0.318 e. The Balaban J connectivity index is 1.51. The fraction of sp³-hybridized carbons (Fsp3) is 0.280. The molecule has 5 aromatic rings. The highest BCUT2D eigenvalue weighted by Gasteiger charge is 2.17. The van der Waals surface area contributed by atoms with Gasteiger partial charge in [-0.25, -0.2) is 4.98 Å². The summed E-state index contributed by atoms with van der Waals surface area (Å²) < 4.78 is 3.86. The average molecular weight is 487 g/mol. The van der Waals surface area contributed by atoms with Crippen molar-refractivity contribution < 1.29 is 0 Å². The van der Waals surface area contributed by atoms with Crippen LogP contribution >= 0.6 is 12.2 Å². The van der Waals surface area contributed by atoms with Gasteiger partial charge >= 0.3 is 0 Å². The van der Waals surface area contributed by atoms with Crippen molar-refractivity contribution in [2.75, 3.05) is 0 Å².